The minimum absolute atomic E-state index is 0.0725. The summed E-state index contributed by atoms with van der Waals surface area (Å²) in [7, 11) is 1.75. The van der Waals surface area contributed by atoms with Crippen LogP contribution < -0.4 is 10.5 Å². The van der Waals surface area contributed by atoms with Crippen LogP contribution in [0.3, 0.4) is 0 Å². The molecule has 0 aromatic carbocycles. The van der Waals surface area contributed by atoms with Crippen molar-refractivity contribution in [2.75, 3.05) is 18.0 Å². The summed E-state index contributed by atoms with van der Waals surface area (Å²) in [6, 6.07) is 8.58. The second-order valence-corrected chi connectivity index (χ2v) is 9.77. The Balaban J connectivity index is 1.50. The fraction of sp³-hybridized carbons (Fsp3) is 0.500. The second-order valence-electron chi connectivity index (χ2n) is 9.77. The van der Waals surface area contributed by atoms with E-state index in [-0.39, 0.29) is 30.2 Å². The molecule has 1 aliphatic heterocycles. The monoisotopic (exact) mass is 487 g/mol. The minimum atomic E-state index is -0.0725. The molecule has 1 unspecified atom stereocenters. The number of hydrogen-bond donors (Lipinski definition) is 0. The van der Waals surface area contributed by atoms with Gasteiger partial charge in [-0.2, -0.15) is 15.5 Å². The molecule has 4 aromatic rings. The fourth-order valence-electron chi connectivity index (χ4n) is 5.57. The van der Waals surface area contributed by atoms with Crippen LogP contribution >= 0.6 is 0 Å². The summed E-state index contributed by atoms with van der Waals surface area (Å²) in [6.45, 7) is 10.4. The molecule has 5 heterocycles. The van der Waals surface area contributed by atoms with Crippen LogP contribution in [0.5, 0.6) is 0 Å². The molecule has 0 aliphatic carbocycles. The Kier molecular flexibility index (Phi) is 6.26. The Morgan fingerprint density at radius 3 is 2.75 bits per heavy atom. The molecule has 36 heavy (non-hydrogen) atoms. The van der Waals surface area contributed by atoms with E-state index in [1.165, 1.54) is 0 Å². The van der Waals surface area contributed by atoms with E-state index < -0.39 is 0 Å². The summed E-state index contributed by atoms with van der Waals surface area (Å²) in [5.74, 6) is 0. The molecule has 0 spiro atoms. The predicted octanol–water partition coefficient (Wildman–Crippen LogP) is 3.05. The summed E-state index contributed by atoms with van der Waals surface area (Å²) in [5.41, 5.74) is 5.18. The van der Waals surface area contributed by atoms with Gasteiger partial charge >= 0.3 is 0 Å². The van der Waals surface area contributed by atoms with Crippen LogP contribution in [0.4, 0.5) is 5.69 Å². The first-order chi connectivity index (χ1) is 17.3. The van der Waals surface area contributed by atoms with Crippen molar-refractivity contribution in [3.63, 3.8) is 0 Å². The number of aromatic nitrogens is 6. The van der Waals surface area contributed by atoms with Crippen LogP contribution in [0.1, 0.15) is 51.0 Å². The van der Waals surface area contributed by atoms with E-state index in [1.807, 2.05) is 23.7 Å². The van der Waals surface area contributed by atoms with E-state index >= 15 is 0 Å². The molecule has 1 aliphatic rings. The van der Waals surface area contributed by atoms with E-state index in [4.69, 9.17) is 10.2 Å². The first kappa shape index (κ1) is 24.0. The highest BCUT2D eigenvalue weighted by atomic mass is 16.1. The highest BCUT2D eigenvalue weighted by Crippen LogP contribution is 2.34. The largest absolute Gasteiger partial charge is 0.364 e. The van der Waals surface area contributed by atoms with Crippen molar-refractivity contribution in [1.82, 2.24) is 33.8 Å². The van der Waals surface area contributed by atoms with Gasteiger partial charge in [0.25, 0.3) is 5.56 Å². The third-order valence-electron chi connectivity index (χ3n) is 7.43. The Labute approximate surface area is 210 Å². The van der Waals surface area contributed by atoms with Crippen molar-refractivity contribution < 1.29 is 0 Å². The van der Waals surface area contributed by atoms with Gasteiger partial charge in [0.2, 0.25) is 0 Å². The van der Waals surface area contributed by atoms with Crippen LogP contribution in [-0.4, -0.2) is 59.0 Å². The van der Waals surface area contributed by atoms with Crippen molar-refractivity contribution in [1.29, 1.82) is 5.26 Å². The lowest BCUT2D eigenvalue weighted by atomic mass is 9.98. The summed E-state index contributed by atoms with van der Waals surface area (Å²) in [6.07, 6.45) is 5.72. The van der Waals surface area contributed by atoms with Gasteiger partial charge < -0.3 is 9.47 Å². The molecule has 0 radical (unpaired) electrons. The van der Waals surface area contributed by atoms with Crippen LogP contribution in [0, 0.1) is 18.3 Å². The zero-order valence-electron chi connectivity index (χ0n) is 21.6. The van der Waals surface area contributed by atoms with Crippen molar-refractivity contribution in [2.45, 2.75) is 65.2 Å². The molecule has 0 bridgehead atoms. The molecule has 188 valence electrons. The summed E-state index contributed by atoms with van der Waals surface area (Å²) in [4.78, 5) is 22.7. The zero-order valence-corrected chi connectivity index (χ0v) is 21.6. The number of nitrogens with zero attached hydrogens (tertiary/aromatic N) is 9. The lowest BCUT2D eigenvalue weighted by Crippen LogP contribution is -2.58. The normalized spacial score (nSPS) is 19.7. The summed E-state index contributed by atoms with van der Waals surface area (Å²) >= 11 is 0. The Hall–Kier alpha value is -3.71. The first-order valence-corrected chi connectivity index (χ1v) is 12.6. The van der Waals surface area contributed by atoms with E-state index in [1.54, 1.807) is 28.6 Å². The smallest absolute Gasteiger partial charge is 0.252 e. The summed E-state index contributed by atoms with van der Waals surface area (Å²) < 4.78 is 5.04. The number of anilines is 1. The average Bonchev–Trinajstić information content (AvgIpc) is 3.45. The fourth-order valence-corrected chi connectivity index (χ4v) is 5.57. The van der Waals surface area contributed by atoms with Crippen LogP contribution in [-0.2, 0) is 13.6 Å². The predicted molar refractivity (Wildman–Crippen MR) is 139 cm³/mol. The van der Waals surface area contributed by atoms with Gasteiger partial charge in [-0.3, -0.25) is 14.4 Å². The van der Waals surface area contributed by atoms with Crippen LogP contribution in [0.2, 0.25) is 0 Å². The topological polar surface area (TPSA) is 100 Å². The van der Waals surface area contributed by atoms with E-state index in [9.17, 15) is 4.79 Å². The number of fused-ring (bicyclic) bond motifs is 2. The molecule has 1 fully saturated rings. The third kappa shape index (κ3) is 4.03. The van der Waals surface area contributed by atoms with E-state index in [2.05, 4.69) is 52.9 Å². The molecule has 5 rings (SSSR count). The number of rotatable bonds is 6. The maximum absolute atomic E-state index is 12.8. The first-order valence-electron chi connectivity index (χ1n) is 12.6. The van der Waals surface area contributed by atoms with Crippen molar-refractivity contribution >= 4 is 22.4 Å². The minimum Gasteiger partial charge on any atom is -0.364 e. The second kappa shape index (κ2) is 9.39. The standard InChI is InChI=1S/C26H33N9O/c1-6-19-15-33(22-13-25(36)31(5)23-16-32(11-9-27)30-26(22)23)18(4)14-34(19)21(7-2)20-8-10-35-24(28-20)12-17(3)29-35/h8,10,12-13,16,18-19,21H,6-7,11,14-15H2,1-5H3/t18-,19+,21?/m0/s1. The molecule has 10 nitrogen and oxygen atoms in total. The zero-order chi connectivity index (χ0) is 25.6. The van der Waals surface area contributed by atoms with Gasteiger partial charge in [-0.05, 0) is 32.8 Å². The SMILES string of the molecule is CCC(c1ccn2nc(C)cc2n1)N1C[C@H](C)N(c2cc(=O)n(C)c3cn(CC#N)nc23)C[C@H]1CC. The van der Waals surface area contributed by atoms with Gasteiger partial charge in [0.1, 0.15) is 12.1 Å². The van der Waals surface area contributed by atoms with Crippen LogP contribution in [0.15, 0.2) is 35.4 Å². The molecule has 0 N–H and O–H groups in total. The van der Waals surface area contributed by atoms with Crippen LogP contribution in [0.25, 0.3) is 16.7 Å². The van der Waals surface area contributed by atoms with Crippen molar-refractivity contribution in [2.24, 2.45) is 7.05 Å². The van der Waals surface area contributed by atoms with Gasteiger partial charge in [-0.1, -0.05) is 13.8 Å². The maximum Gasteiger partial charge on any atom is 0.252 e. The Bertz CT molecular complexity index is 1510. The Morgan fingerprint density at radius 2 is 2.03 bits per heavy atom. The summed E-state index contributed by atoms with van der Waals surface area (Å²) in [5, 5.41) is 18.3. The van der Waals surface area contributed by atoms with E-state index in [0.29, 0.717) is 0 Å². The average molecular weight is 488 g/mol. The molecule has 4 aromatic heterocycles. The van der Waals surface area contributed by atoms with Gasteiger partial charge in [-0.25, -0.2) is 9.50 Å². The lowest BCUT2D eigenvalue weighted by Gasteiger charge is -2.49. The maximum atomic E-state index is 12.8. The van der Waals surface area contributed by atoms with Crippen molar-refractivity contribution in [3.8, 4) is 6.07 Å². The molecule has 0 saturated carbocycles. The quantitative estimate of drug-likeness (QED) is 0.412. The highest BCUT2D eigenvalue weighted by molar-refractivity contribution is 5.88. The van der Waals surface area contributed by atoms with Gasteiger partial charge in [-0.15, -0.1) is 0 Å². The number of hydrogen-bond acceptors (Lipinski definition) is 7. The number of piperazine rings is 1. The molecule has 3 atom stereocenters. The highest BCUT2D eigenvalue weighted by Gasteiger charge is 2.36. The van der Waals surface area contributed by atoms with Crippen molar-refractivity contribution in [3.05, 3.63) is 52.3 Å². The third-order valence-corrected chi connectivity index (χ3v) is 7.43. The van der Waals surface area contributed by atoms with Gasteiger partial charge in [0.15, 0.2) is 5.65 Å². The molecule has 10 heteroatoms. The number of nitriles is 1. The molecular weight excluding hydrogens is 454 g/mol. The molecular formula is C26H33N9O. The van der Waals surface area contributed by atoms with E-state index in [0.717, 1.165) is 59.7 Å². The number of pyridine rings is 1. The molecule has 1 saturated heterocycles. The van der Waals surface area contributed by atoms with Gasteiger partial charge in [0.05, 0.1) is 40.9 Å². The Morgan fingerprint density at radius 1 is 1.22 bits per heavy atom. The molecule has 0 amide bonds. The number of aryl methyl sites for hydroxylation is 2. The van der Waals surface area contributed by atoms with Gasteiger partial charge in [0, 0.05) is 50.6 Å². The lowest BCUT2D eigenvalue weighted by molar-refractivity contribution is 0.0922.